The quantitative estimate of drug-likeness (QED) is 0.490. The van der Waals surface area contributed by atoms with Gasteiger partial charge in [0, 0.05) is 33.4 Å². The van der Waals surface area contributed by atoms with Gasteiger partial charge in [-0.3, -0.25) is 4.99 Å². The molecule has 1 N–H and O–H groups in total. The van der Waals surface area contributed by atoms with Gasteiger partial charge < -0.3 is 10.2 Å². The molecule has 6 heteroatoms. The van der Waals surface area contributed by atoms with Gasteiger partial charge in [-0.25, -0.2) is 8.42 Å². The molecule has 0 spiro atoms. The van der Waals surface area contributed by atoms with Crippen molar-refractivity contribution in [3.05, 3.63) is 35.4 Å². The van der Waals surface area contributed by atoms with E-state index >= 15 is 0 Å². The summed E-state index contributed by atoms with van der Waals surface area (Å²) in [5, 5.41) is 3.19. The Hall–Kier alpha value is -1.56. The van der Waals surface area contributed by atoms with Gasteiger partial charge in [-0.05, 0) is 24.5 Å². The molecule has 0 fully saturated rings. The second-order valence-corrected chi connectivity index (χ2v) is 7.50. The monoisotopic (exact) mass is 311 g/mol. The van der Waals surface area contributed by atoms with Gasteiger partial charge in [0.15, 0.2) is 5.96 Å². The molecule has 0 atom stereocenters. The molecule has 118 valence electrons. The van der Waals surface area contributed by atoms with E-state index in [0.29, 0.717) is 13.0 Å². The van der Waals surface area contributed by atoms with Gasteiger partial charge in [0.1, 0.15) is 9.84 Å². The molecule has 0 radical (unpaired) electrons. The van der Waals surface area contributed by atoms with Gasteiger partial charge >= 0.3 is 0 Å². The van der Waals surface area contributed by atoms with E-state index < -0.39 is 9.84 Å². The molecule has 0 unspecified atom stereocenters. The molecule has 0 heterocycles. The number of sulfone groups is 1. The molecule has 1 aromatic rings. The van der Waals surface area contributed by atoms with Gasteiger partial charge in [-0.15, -0.1) is 0 Å². The number of guanidine groups is 1. The fourth-order valence-electron chi connectivity index (χ4n) is 2.04. The van der Waals surface area contributed by atoms with Gasteiger partial charge in [0.25, 0.3) is 0 Å². The Morgan fingerprint density at radius 3 is 2.57 bits per heavy atom. The molecule has 0 saturated heterocycles. The fraction of sp³-hybridized carbons (Fsp3) is 0.533. The van der Waals surface area contributed by atoms with Crippen LogP contribution in [0.25, 0.3) is 0 Å². The maximum atomic E-state index is 11.1. The molecule has 0 aliphatic carbocycles. The summed E-state index contributed by atoms with van der Waals surface area (Å²) in [6.07, 6.45) is 1.84. The van der Waals surface area contributed by atoms with E-state index in [-0.39, 0.29) is 5.75 Å². The molecule has 0 saturated carbocycles. The fourth-order valence-corrected chi connectivity index (χ4v) is 2.71. The Kier molecular flexibility index (Phi) is 6.68. The molecular weight excluding hydrogens is 286 g/mol. The molecule has 0 aliphatic rings. The minimum absolute atomic E-state index is 0.193. The van der Waals surface area contributed by atoms with Crippen LogP contribution in [0.4, 0.5) is 0 Å². The Bertz CT molecular complexity index is 582. The zero-order valence-electron chi connectivity index (χ0n) is 13.3. The summed E-state index contributed by atoms with van der Waals surface area (Å²) in [4.78, 5) is 6.26. The van der Waals surface area contributed by atoms with Crippen molar-refractivity contribution in [2.45, 2.75) is 19.9 Å². The highest BCUT2D eigenvalue weighted by molar-refractivity contribution is 7.90. The lowest BCUT2D eigenvalue weighted by molar-refractivity contribution is 0.475. The normalized spacial score (nSPS) is 12.3. The SMILES string of the molecule is CN=C(NCCCS(C)(=O)=O)N(C)Cc1ccccc1C. The lowest BCUT2D eigenvalue weighted by Crippen LogP contribution is -2.39. The molecule has 1 aromatic carbocycles. The van der Waals surface area contributed by atoms with Crippen molar-refractivity contribution in [3.8, 4) is 0 Å². The summed E-state index contributed by atoms with van der Waals surface area (Å²) in [5.41, 5.74) is 2.50. The Labute approximate surface area is 128 Å². The molecule has 1 rings (SSSR count). The molecule has 0 amide bonds. The van der Waals surface area contributed by atoms with Crippen LogP contribution in [0.3, 0.4) is 0 Å². The van der Waals surface area contributed by atoms with Crippen LogP contribution in [0.5, 0.6) is 0 Å². The predicted molar refractivity (Wildman–Crippen MR) is 88.3 cm³/mol. The first-order valence-electron chi connectivity index (χ1n) is 6.97. The third-order valence-corrected chi connectivity index (χ3v) is 4.25. The number of rotatable bonds is 6. The molecule has 0 aromatic heterocycles. The van der Waals surface area contributed by atoms with Crippen LogP contribution in [0, 0.1) is 6.92 Å². The van der Waals surface area contributed by atoms with E-state index in [2.05, 4.69) is 29.4 Å². The summed E-state index contributed by atoms with van der Waals surface area (Å²) in [5.74, 6) is 0.963. The highest BCUT2D eigenvalue weighted by Gasteiger charge is 2.08. The van der Waals surface area contributed by atoms with E-state index in [1.54, 1.807) is 7.05 Å². The minimum Gasteiger partial charge on any atom is -0.356 e. The van der Waals surface area contributed by atoms with E-state index in [1.807, 2.05) is 24.1 Å². The van der Waals surface area contributed by atoms with Crippen LogP contribution in [0.15, 0.2) is 29.3 Å². The molecule has 21 heavy (non-hydrogen) atoms. The van der Waals surface area contributed by atoms with E-state index in [1.165, 1.54) is 17.4 Å². The van der Waals surface area contributed by atoms with Crippen LogP contribution in [-0.2, 0) is 16.4 Å². The van der Waals surface area contributed by atoms with E-state index in [0.717, 1.165) is 12.5 Å². The Morgan fingerprint density at radius 2 is 2.00 bits per heavy atom. The number of nitrogens with one attached hydrogen (secondary N) is 1. The minimum atomic E-state index is -2.90. The first-order chi connectivity index (χ1) is 9.83. The van der Waals surface area contributed by atoms with Crippen molar-refractivity contribution >= 4 is 15.8 Å². The summed E-state index contributed by atoms with van der Waals surface area (Å²) in [6.45, 7) is 3.45. The topological polar surface area (TPSA) is 61.8 Å². The Balaban J connectivity index is 2.51. The van der Waals surface area contributed by atoms with E-state index in [9.17, 15) is 8.42 Å². The first-order valence-corrected chi connectivity index (χ1v) is 9.03. The second kappa shape index (κ2) is 8.02. The van der Waals surface area contributed by atoms with Crippen LogP contribution < -0.4 is 5.32 Å². The van der Waals surface area contributed by atoms with Gasteiger partial charge in [0.05, 0.1) is 5.75 Å². The lowest BCUT2D eigenvalue weighted by atomic mass is 10.1. The van der Waals surface area contributed by atoms with Crippen molar-refractivity contribution < 1.29 is 8.42 Å². The molecule has 0 bridgehead atoms. The number of hydrogen-bond donors (Lipinski definition) is 1. The van der Waals surface area contributed by atoms with E-state index in [4.69, 9.17) is 0 Å². The predicted octanol–water partition coefficient (Wildman–Crippen LogP) is 1.44. The van der Waals surface area contributed by atoms with Crippen LogP contribution in [0.1, 0.15) is 17.5 Å². The third-order valence-electron chi connectivity index (χ3n) is 3.22. The summed E-state index contributed by atoms with van der Waals surface area (Å²) in [7, 11) is 0.803. The standard InChI is InChI=1S/C15H25N3O2S/c1-13-8-5-6-9-14(13)12-18(3)15(16-2)17-10-7-11-21(4,19)20/h5-6,8-9H,7,10-12H2,1-4H3,(H,16,17). The van der Waals surface area contributed by atoms with Gasteiger partial charge in [-0.1, -0.05) is 24.3 Å². The maximum Gasteiger partial charge on any atom is 0.193 e. The number of aliphatic imine (C=N–C) groups is 1. The van der Waals surface area contributed by atoms with Crippen molar-refractivity contribution in [1.29, 1.82) is 0 Å². The first kappa shape index (κ1) is 17.5. The van der Waals surface area contributed by atoms with Crippen LogP contribution in [0.2, 0.25) is 0 Å². The Morgan fingerprint density at radius 1 is 1.33 bits per heavy atom. The number of nitrogens with zero attached hydrogens (tertiary/aromatic N) is 2. The second-order valence-electron chi connectivity index (χ2n) is 5.24. The summed E-state index contributed by atoms with van der Waals surface area (Å²) in [6, 6.07) is 8.24. The van der Waals surface area contributed by atoms with Crippen molar-refractivity contribution in [3.63, 3.8) is 0 Å². The van der Waals surface area contributed by atoms with Gasteiger partial charge in [0.2, 0.25) is 0 Å². The third kappa shape index (κ3) is 6.62. The van der Waals surface area contributed by atoms with Gasteiger partial charge in [-0.2, -0.15) is 0 Å². The summed E-state index contributed by atoms with van der Waals surface area (Å²) < 4.78 is 22.2. The smallest absolute Gasteiger partial charge is 0.193 e. The number of hydrogen-bond acceptors (Lipinski definition) is 3. The van der Waals surface area contributed by atoms with Crippen molar-refractivity contribution in [1.82, 2.24) is 10.2 Å². The number of aryl methyl sites for hydroxylation is 1. The van der Waals surface area contributed by atoms with Crippen LogP contribution in [-0.4, -0.2) is 51.9 Å². The highest BCUT2D eigenvalue weighted by Crippen LogP contribution is 2.09. The largest absolute Gasteiger partial charge is 0.356 e. The van der Waals surface area contributed by atoms with Crippen molar-refractivity contribution in [2.24, 2.45) is 4.99 Å². The molecule has 5 nitrogen and oxygen atoms in total. The zero-order valence-corrected chi connectivity index (χ0v) is 14.1. The summed E-state index contributed by atoms with van der Waals surface area (Å²) >= 11 is 0. The molecular formula is C15H25N3O2S. The maximum absolute atomic E-state index is 11.1. The lowest BCUT2D eigenvalue weighted by Gasteiger charge is -2.23. The average molecular weight is 311 g/mol. The molecule has 0 aliphatic heterocycles. The highest BCUT2D eigenvalue weighted by atomic mass is 32.2. The number of benzene rings is 1. The van der Waals surface area contributed by atoms with Crippen LogP contribution >= 0.6 is 0 Å². The van der Waals surface area contributed by atoms with Crippen molar-refractivity contribution in [2.75, 3.05) is 32.6 Å². The average Bonchev–Trinajstić information content (AvgIpc) is 2.40. The zero-order chi connectivity index (χ0) is 15.9.